The Balaban J connectivity index is 1.45. The molecule has 6 nitrogen and oxygen atoms in total. The van der Waals surface area contributed by atoms with E-state index < -0.39 is 0 Å². The SMILES string of the molecule is CN(CCNc1ncccn1)CCNc1ccnc2cc(Cl)ccc12. The number of nitrogens with one attached hydrogen (secondary N) is 2. The van der Waals surface area contributed by atoms with Gasteiger partial charge in [-0.25, -0.2) is 9.97 Å². The van der Waals surface area contributed by atoms with Gasteiger partial charge in [-0.15, -0.1) is 0 Å². The Hall–Kier alpha value is -2.44. The molecule has 0 aliphatic carbocycles. The molecule has 0 bridgehead atoms. The fraction of sp³-hybridized carbons (Fsp3) is 0.278. The number of hydrogen-bond donors (Lipinski definition) is 2. The molecule has 0 aliphatic rings. The van der Waals surface area contributed by atoms with Gasteiger partial charge in [-0.1, -0.05) is 11.6 Å². The summed E-state index contributed by atoms with van der Waals surface area (Å²) in [5.74, 6) is 0.663. The van der Waals surface area contributed by atoms with E-state index in [4.69, 9.17) is 11.6 Å². The van der Waals surface area contributed by atoms with Crippen LogP contribution in [0.4, 0.5) is 11.6 Å². The van der Waals surface area contributed by atoms with Crippen molar-refractivity contribution in [3.63, 3.8) is 0 Å². The highest BCUT2D eigenvalue weighted by molar-refractivity contribution is 6.31. The van der Waals surface area contributed by atoms with E-state index in [2.05, 4.69) is 37.5 Å². The first kappa shape index (κ1) is 17.4. The Morgan fingerprint density at radius 3 is 2.52 bits per heavy atom. The minimum Gasteiger partial charge on any atom is -0.383 e. The number of hydrogen-bond acceptors (Lipinski definition) is 6. The molecule has 3 aromatic rings. The summed E-state index contributed by atoms with van der Waals surface area (Å²) < 4.78 is 0. The lowest BCUT2D eigenvalue weighted by atomic mass is 10.2. The van der Waals surface area contributed by atoms with Crippen molar-refractivity contribution in [2.45, 2.75) is 0 Å². The highest BCUT2D eigenvalue weighted by Gasteiger charge is 2.03. The van der Waals surface area contributed by atoms with E-state index in [-0.39, 0.29) is 0 Å². The lowest BCUT2D eigenvalue weighted by Gasteiger charge is -2.18. The minimum atomic E-state index is 0.663. The first-order valence-corrected chi connectivity index (χ1v) is 8.58. The average molecular weight is 357 g/mol. The fourth-order valence-electron chi connectivity index (χ4n) is 2.52. The van der Waals surface area contributed by atoms with E-state index in [0.29, 0.717) is 11.0 Å². The molecule has 0 spiro atoms. The van der Waals surface area contributed by atoms with Crippen molar-refractivity contribution in [2.75, 3.05) is 43.9 Å². The second-order valence-corrected chi connectivity index (χ2v) is 6.19. The van der Waals surface area contributed by atoms with Crippen molar-refractivity contribution in [1.29, 1.82) is 0 Å². The van der Waals surface area contributed by atoms with Crippen molar-refractivity contribution in [3.05, 3.63) is 53.9 Å². The number of likely N-dealkylation sites (N-methyl/N-ethyl adjacent to an activating group) is 1. The normalized spacial score (nSPS) is 11.0. The molecule has 2 aromatic heterocycles. The number of fused-ring (bicyclic) bond motifs is 1. The maximum absolute atomic E-state index is 6.03. The molecule has 0 amide bonds. The molecule has 0 saturated carbocycles. The summed E-state index contributed by atoms with van der Waals surface area (Å²) in [6, 6.07) is 9.57. The number of nitrogens with zero attached hydrogens (tertiary/aromatic N) is 4. The Morgan fingerprint density at radius 1 is 0.960 bits per heavy atom. The number of halogens is 1. The first-order chi connectivity index (χ1) is 12.2. The molecule has 130 valence electrons. The number of aromatic nitrogens is 3. The quantitative estimate of drug-likeness (QED) is 0.646. The molecule has 0 radical (unpaired) electrons. The van der Waals surface area contributed by atoms with Crippen LogP contribution in [0.2, 0.25) is 5.02 Å². The molecule has 7 heteroatoms. The fourth-order valence-corrected chi connectivity index (χ4v) is 2.68. The van der Waals surface area contributed by atoms with E-state index in [1.54, 1.807) is 24.7 Å². The minimum absolute atomic E-state index is 0.663. The second-order valence-electron chi connectivity index (χ2n) is 5.75. The largest absolute Gasteiger partial charge is 0.383 e. The van der Waals surface area contributed by atoms with Gasteiger partial charge < -0.3 is 15.5 Å². The van der Waals surface area contributed by atoms with Gasteiger partial charge in [0.05, 0.1) is 5.52 Å². The maximum atomic E-state index is 6.03. The summed E-state index contributed by atoms with van der Waals surface area (Å²) in [5, 5.41) is 8.47. The number of rotatable bonds is 8. The first-order valence-electron chi connectivity index (χ1n) is 8.20. The van der Waals surface area contributed by atoms with Gasteiger partial charge in [0, 0.05) is 60.9 Å². The molecule has 0 aliphatic heterocycles. The van der Waals surface area contributed by atoms with Crippen LogP contribution in [0, 0.1) is 0 Å². The Kier molecular flexibility index (Phi) is 5.98. The second kappa shape index (κ2) is 8.60. The molecule has 0 saturated heterocycles. The molecule has 0 fully saturated rings. The van der Waals surface area contributed by atoms with E-state index in [9.17, 15) is 0 Å². The lowest BCUT2D eigenvalue weighted by molar-refractivity contribution is 0.360. The van der Waals surface area contributed by atoms with Crippen LogP contribution in [0.3, 0.4) is 0 Å². The zero-order valence-electron chi connectivity index (χ0n) is 14.1. The number of pyridine rings is 1. The maximum Gasteiger partial charge on any atom is 0.222 e. The van der Waals surface area contributed by atoms with Gasteiger partial charge in [-0.3, -0.25) is 4.98 Å². The molecule has 0 unspecified atom stereocenters. The van der Waals surface area contributed by atoms with Gasteiger partial charge in [0.2, 0.25) is 5.95 Å². The van der Waals surface area contributed by atoms with Crippen LogP contribution in [0.25, 0.3) is 10.9 Å². The predicted octanol–water partition coefficient (Wildman–Crippen LogP) is 3.13. The molecule has 1 aromatic carbocycles. The molecule has 25 heavy (non-hydrogen) atoms. The number of anilines is 2. The Bertz CT molecular complexity index is 811. The van der Waals surface area contributed by atoms with Gasteiger partial charge >= 0.3 is 0 Å². The van der Waals surface area contributed by atoms with Crippen molar-refractivity contribution in [2.24, 2.45) is 0 Å². The van der Waals surface area contributed by atoms with Crippen LogP contribution in [-0.4, -0.2) is 53.1 Å². The standard InChI is InChI=1S/C18H21ClN6/c1-25(12-10-24-18-22-6-2-7-23-18)11-9-21-16-5-8-20-17-13-14(19)3-4-15(16)17/h2-8,13H,9-12H2,1H3,(H,20,21)(H,22,23,24). The van der Waals surface area contributed by atoms with Gasteiger partial charge in [-0.05, 0) is 37.4 Å². The molecule has 2 heterocycles. The molecule has 3 rings (SSSR count). The summed E-state index contributed by atoms with van der Waals surface area (Å²) in [6.07, 6.45) is 5.26. The van der Waals surface area contributed by atoms with Crippen LogP contribution >= 0.6 is 11.6 Å². The van der Waals surface area contributed by atoms with Crippen molar-refractivity contribution >= 4 is 34.1 Å². The molecule has 0 atom stereocenters. The number of benzene rings is 1. The monoisotopic (exact) mass is 356 g/mol. The summed E-state index contributed by atoms with van der Waals surface area (Å²) in [4.78, 5) is 14.9. The van der Waals surface area contributed by atoms with E-state index in [0.717, 1.165) is 42.8 Å². The Labute approximate surface area is 152 Å². The van der Waals surface area contributed by atoms with Crippen LogP contribution < -0.4 is 10.6 Å². The highest BCUT2D eigenvalue weighted by atomic mass is 35.5. The van der Waals surface area contributed by atoms with Gasteiger partial charge in [0.1, 0.15) is 0 Å². The third-order valence-corrected chi connectivity index (χ3v) is 4.09. The average Bonchev–Trinajstić information content (AvgIpc) is 2.62. The zero-order chi connectivity index (χ0) is 17.5. The third-order valence-electron chi connectivity index (χ3n) is 3.86. The summed E-state index contributed by atoms with van der Waals surface area (Å²) in [6.45, 7) is 3.48. The van der Waals surface area contributed by atoms with E-state index in [1.165, 1.54) is 0 Å². The van der Waals surface area contributed by atoms with E-state index in [1.807, 2.05) is 24.3 Å². The van der Waals surface area contributed by atoms with Crippen LogP contribution in [-0.2, 0) is 0 Å². The van der Waals surface area contributed by atoms with Crippen LogP contribution in [0.5, 0.6) is 0 Å². The summed E-state index contributed by atoms with van der Waals surface area (Å²) >= 11 is 6.03. The van der Waals surface area contributed by atoms with Crippen molar-refractivity contribution in [1.82, 2.24) is 19.9 Å². The lowest BCUT2D eigenvalue weighted by Crippen LogP contribution is -2.30. The van der Waals surface area contributed by atoms with Crippen LogP contribution in [0.1, 0.15) is 0 Å². The van der Waals surface area contributed by atoms with Gasteiger partial charge in [0.15, 0.2) is 0 Å². The van der Waals surface area contributed by atoms with E-state index >= 15 is 0 Å². The van der Waals surface area contributed by atoms with Gasteiger partial charge in [-0.2, -0.15) is 0 Å². The van der Waals surface area contributed by atoms with Crippen LogP contribution in [0.15, 0.2) is 48.9 Å². The smallest absolute Gasteiger partial charge is 0.222 e. The van der Waals surface area contributed by atoms with Crippen molar-refractivity contribution < 1.29 is 0 Å². The zero-order valence-corrected chi connectivity index (χ0v) is 14.9. The predicted molar refractivity (Wildman–Crippen MR) is 103 cm³/mol. The van der Waals surface area contributed by atoms with Gasteiger partial charge in [0.25, 0.3) is 0 Å². The molecule has 2 N–H and O–H groups in total. The molecular formula is C18H21ClN6. The Morgan fingerprint density at radius 2 is 1.72 bits per heavy atom. The topological polar surface area (TPSA) is 66.0 Å². The molecular weight excluding hydrogens is 336 g/mol. The van der Waals surface area contributed by atoms with Crippen molar-refractivity contribution in [3.8, 4) is 0 Å². The highest BCUT2D eigenvalue weighted by Crippen LogP contribution is 2.24. The third kappa shape index (κ3) is 5.01. The summed E-state index contributed by atoms with van der Waals surface area (Å²) in [5.41, 5.74) is 1.98. The summed E-state index contributed by atoms with van der Waals surface area (Å²) in [7, 11) is 2.10.